The van der Waals surface area contributed by atoms with E-state index in [4.69, 9.17) is 0 Å². The highest BCUT2D eigenvalue weighted by Crippen LogP contribution is 2.25. The Labute approximate surface area is 138 Å². The van der Waals surface area contributed by atoms with Crippen LogP contribution in [0.4, 0.5) is 4.39 Å². The predicted molar refractivity (Wildman–Crippen MR) is 87.8 cm³/mol. The molecule has 0 saturated carbocycles. The van der Waals surface area contributed by atoms with Crippen LogP contribution in [-0.2, 0) is 13.6 Å². The SMILES string of the molecule is Cc1nn(C)c(C)c1-c1cc(C(=O)NCc2ccc(F)cc2)[nH]n1. The first kappa shape index (κ1) is 15.9. The van der Waals surface area contributed by atoms with Gasteiger partial charge in [0.05, 0.1) is 11.4 Å². The molecule has 0 bridgehead atoms. The number of aryl methyl sites for hydroxylation is 2. The van der Waals surface area contributed by atoms with Crippen molar-refractivity contribution in [3.8, 4) is 11.3 Å². The molecule has 0 radical (unpaired) electrons. The molecule has 3 aromatic rings. The van der Waals surface area contributed by atoms with E-state index in [2.05, 4.69) is 20.6 Å². The molecular formula is C17H18FN5O. The van der Waals surface area contributed by atoms with Gasteiger partial charge in [-0.05, 0) is 37.6 Å². The first-order valence-electron chi connectivity index (χ1n) is 7.54. The van der Waals surface area contributed by atoms with E-state index in [9.17, 15) is 9.18 Å². The van der Waals surface area contributed by atoms with Crippen LogP contribution in [0.3, 0.4) is 0 Å². The van der Waals surface area contributed by atoms with Gasteiger partial charge in [-0.3, -0.25) is 14.6 Å². The fraction of sp³-hybridized carbons (Fsp3) is 0.235. The normalized spacial score (nSPS) is 10.8. The van der Waals surface area contributed by atoms with Gasteiger partial charge in [0.2, 0.25) is 0 Å². The van der Waals surface area contributed by atoms with Crippen molar-refractivity contribution in [1.82, 2.24) is 25.3 Å². The number of H-pyrrole nitrogens is 1. The Morgan fingerprint density at radius 1 is 1.29 bits per heavy atom. The zero-order valence-electron chi connectivity index (χ0n) is 13.7. The second-order valence-corrected chi connectivity index (χ2v) is 5.65. The van der Waals surface area contributed by atoms with E-state index < -0.39 is 0 Å². The minimum Gasteiger partial charge on any atom is -0.347 e. The molecule has 1 amide bonds. The highest BCUT2D eigenvalue weighted by molar-refractivity contribution is 5.93. The molecule has 2 heterocycles. The van der Waals surface area contributed by atoms with Gasteiger partial charge in [0, 0.05) is 24.8 Å². The highest BCUT2D eigenvalue weighted by atomic mass is 19.1. The molecule has 0 aliphatic rings. The number of amides is 1. The van der Waals surface area contributed by atoms with Crippen molar-refractivity contribution in [3.05, 3.63) is 58.8 Å². The lowest BCUT2D eigenvalue weighted by Gasteiger charge is -2.03. The van der Waals surface area contributed by atoms with Crippen LogP contribution < -0.4 is 5.32 Å². The van der Waals surface area contributed by atoms with E-state index >= 15 is 0 Å². The minimum absolute atomic E-state index is 0.266. The predicted octanol–water partition coefficient (Wildman–Crippen LogP) is 2.50. The highest BCUT2D eigenvalue weighted by Gasteiger charge is 2.17. The molecule has 124 valence electrons. The van der Waals surface area contributed by atoms with Gasteiger partial charge in [0.15, 0.2) is 0 Å². The fourth-order valence-electron chi connectivity index (χ4n) is 2.59. The second-order valence-electron chi connectivity index (χ2n) is 5.65. The Morgan fingerprint density at radius 3 is 2.62 bits per heavy atom. The van der Waals surface area contributed by atoms with Gasteiger partial charge < -0.3 is 5.32 Å². The zero-order valence-corrected chi connectivity index (χ0v) is 13.7. The lowest BCUT2D eigenvalue weighted by molar-refractivity contribution is 0.0946. The van der Waals surface area contributed by atoms with E-state index in [1.54, 1.807) is 22.9 Å². The number of benzene rings is 1. The topological polar surface area (TPSA) is 75.6 Å². The number of nitrogens with zero attached hydrogens (tertiary/aromatic N) is 3. The number of hydrogen-bond acceptors (Lipinski definition) is 3. The Kier molecular flexibility index (Phi) is 4.16. The van der Waals surface area contributed by atoms with Gasteiger partial charge in [-0.1, -0.05) is 12.1 Å². The Morgan fingerprint density at radius 2 is 2.00 bits per heavy atom. The summed E-state index contributed by atoms with van der Waals surface area (Å²) in [7, 11) is 1.87. The van der Waals surface area contributed by atoms with E-state index in [1.165, 1.54) is 12.1 Å². The molecule has 1 aromatic carbocycles. The van der Waals surface area contributed by atoms with Crippen LogP contribution in [0.1, 0.15) is 27.4 Å². The fourth-order valence-corrected chi connectivity index (χ4v) is 2.59. The maximum atomic E-state index is 12.9. The van der Waals surface area contributed by atoms with Gasteiger partial charge >= 0.3 is 0 Å². The Balaban J connectivity index is 1.73. The minimum atomic E-state index is -0.300. The molecule has 6 nitrogen and oxygen atoms in total. The molecule has 2 aromatic heterocycles. The number of rotatable bonds is 4. The van der Waals surface area contributed by atoms with Crippen LogP contribution in [-0.4, -0.2) is 25.9 Å². The summed E-state index contributed by atoms with van der Waals surface area (Å²) in [4.78, 5) is 12.2. The van der Waals surface area contributed by atoms with Crippen molar-refractivity contribution in [3.63, 3.8) is 0 Å². The summed E-state index contributed by atoms with van der Waals surface area (Å²) in [5.74, 6) is -0.567. The van der Waals surface area contributed by atoms with Gasteiger partial charge in [-0.25, -0.2) is 4.39 Å². The number of carbonyl (C=O) groups excluding carboxylic acids is 1. The first-order chi connectivity index (χ1) is 11.5. The summed E-state index contributed by atoms with van der Waals surface area (Å²) < 4.78 is 14.7. The van der Waals surface area contributed by atoms with Gasteiger partial charge in [-0.2, -0.15) is 10.2 Å². The third kappa shape index (κ3) is 3.05. The summed E-state index contributed by atoms with van der Waals surface area (Å²) in [6.07, 6.45) is 0. The quantitative estimate of drug-likeness (QED) is 0.773. The standard InChI is InChI=1S/C17H18FN5O/c1-10-16(11(2)23(3)22-10)14-8-15(21-20-14)17(24)19-9-12-4-6-13(18)7-5-12/h4-8H,9H2,1-3H3,(H,19,24)(H,20,21). The second kappa shape index (κ2) is 6.27. The molecule has 0 atom stereocenters. The monoisotopic (exact) mass is 327 g/mol. The van der Waals surface area contributed by atoms with Gasteiger partial charge in [0.25, 0.3) is 5.91 Å². The molecule has 0 aliphatic carbocycles. The number of halogens is 1. The maximum Gasteiger partial charge on any atom is 0.269 e. The summed E-state index contributed by atoms with van der Waals surface area (Å²) in [5.41, 5.74) is 4.65. The summed E-state index contributed by atoms with van der Waals surface area (Å²) in [6.45, 7) is 4.18. The smallest absolute Gasteiger partial charge is 0.269 e. The van der Waals surface area contributed by atoms with E-state index in [0.29, 0.717) is 17.9 Å². The molecule has 2 N–H and O–H groups in total. The number of carbonyl (C=O) groups is 1. The zero-order chi connectivity index (χ0) is 17.3. The Hall–Kier alpha value is -2.96. The van der Waals surface area contributed by atoms with Crippen molar-refractivity contribution in [2.24, 2.45) is 7.05 Å². The lowest BCUT2D eigenvalue weighted by Crippen LogP contribution is -2.23. The van der Waals surface area contributed by atoms with Crippen molar-refractivity contribution >= 4 is 5.91 Å². The van der Waals surface area contributed by atoms with Crippen LogP contribution in [0, 0.1) is 19.7 Å². The molecule has 0 aliphatic heterocycles. The number of hydrogen-bond donors (Lipinski definition) is 2. The molecule has 0 unspecified atom stereocenters. The van der Waals surface area contributed by atoms with Crippen LogP contribution in [0.5, 0.6) is 0 Å². The molecule has 3 rings (SSSR count). The summed E-state index contributed by atoms with van der Waals surface area (Å²) in [6, 6.07) is 7.71. The average molecular weight is 327 g/mol. The molecule has 7 heteroatoms. The largest absolute Gasteiger partial charge is 0.347 e. The first-order valence-corrected chi connectivity index (χ1v) is 7.54. The molecular weight excluding hydrogens is 309 g/mol. The third-order valence-corrected chi connectivity index (χ3v) is 3.95. The Bertz CT molecular complexity index is 879. The average Bonchev–Trinajstić information content (AvgIpc) is 3.12. The van der Waals surface area contributed by atoms with Crippen molar-refractivity contribution in [1.29, 1.82) is 0 Å². The van der Waals surface area contributed by atoms with E-state index in [1.807, 2.05) is 20.9 Å². The van der Waals surface area contributed by atoms with Gasteiger partial charge in [-0.15, -0.1) is 0 Å². The molecule has 0 fully saturated rings. The molecule has 0 saturated heterocycles. The lowest BCUT2D eigenvalue weighted by atomic mass is 10.1. The van der Waals surface area contributed by atoms with Crippen molar-refractivity contribution in [2.75, 3.05) is 0 Å². The van der Waals surface area contributed by atoms with Crippen LogP contribution in [0.15, 0.2) is 30.3 Å². The summed E-state index contributed by atoms with van der Waals surface area (Å²) >= 11 is 0. The number of aromatic amines is 1. The van der Waals surface area contributed by atoms with Crippen molar-refractivity contribution < 1.29 is 9.18 Å². The summed E-state index contributed by atoms with van der Waals surface area (Å²) in [5, 5.41) is 14.1. The van der Waals surface area contributed by atoms with Crippen LogP contribution in [0.2, 0.25) is 0 Å². The number of aromatic nitrogens is 4. The van der Waals surface area contributed by atoms with E-state index in [-0.39, 0.29) is 11.7 Å². The van der Waals surface area contributed by atoms with Crippen molar-refractivity contribution in [2.45, 2.75) is 20.4 Å². The van der Waals surface area contributed by atoms with Crippen LogP contribution in [0.25, 0.3) is 11.3 Å². The third-order valence-electron chi connectivity index (χ3n) is 3.95. The maximum absolute atomic E-state index is 12.9. The molecule has 24 heavy (non-hydrogen) atoms. The van der Waals surface area contributed by atoms with E-state index in [0.717, 1.165) is 22.5 Å². The van der Waals surface area contributed by atoms with Crippen LogP contribution >= 0.6 is 0 Å². The van der Waals surface area contributed by atoms with Gasteiger partial charge in [0.1, 0.15) is 11.5 Å². The number of nitrogens with one attached hydrogen (secondary N) is 2. The molecule has 0 spiro atoms.